The number of hydrogen-bond acceptors (Lipinski definition) is 4. The quantitative estimate of drug-likeness (QED) is 0.595. The summed E-state index contributed by atoms with van der Waals surface area (Å²) < 4.78 is 32.7. The van der Waals surface area contributed by atoms with Crippen LogP contribution < -0.4 is 9.64 Å². The van der Waals surface area contributed by atoms with Gasteiger partial charge in [-0.2, -0.15) is 0 Å². The second-order valence-electron chi connectivity index (χ2n) is 8.65. The van der Waals surface area contributed by atoms with Crippen LogP contribution >= 0.6 is 0 Å². The topological polar surface area (TPSA) is 53.1 Å². The van der Waals surface area contributed by atoms with Gasteiger partial charge in [-0.05, 0) is 69.1 Å². The highest BCUT2D eigenvalue weighted by Crippen LogP contribution is 2.23. The molecule has 2 heterocycles. The molecular formula is C25H29F2N3O3. The lowest BCUT2D eigenvalue weighted by molar-refractivity contribution is -0.120. The maximum atomic E-state index is 13.4. The van der Waals surface area contributed by atoms with Crippen molar-refractivity contribution in [3.63, 3.8) is 0 Å². The molecule has 2 aliphatic rings. The van der Waals surface area contributed by atoms with E-state index in [1.54, 1.807) is 4.90 Å². The molecule has 6 nitrogen and oxygen atoms in total. The van der Waals surface area contributed by atoms with Gasteiger partial charge in [0.05, 0.1) is 6.61 Å². The molecule has 0 spiro atoms. The van der Waals surface area contributed by atoms with Gasteiger partial charge in [-0.25, -0.2) is 8.78 Å². The van der Waals surface area contributed by atoms with E-state index in [2.05, 4.69) is 11.8 Å². The Hall–Kier alpha value is -3.00. The van der Waals surface area contributed by atoms with Gasteiger partial charge in [-0.15, -0.1) is 0 Å². The number of hydrogen-bond donors (Lipinski definition) is 0. The predicted octanol–water partition coefficient (Wildman–Crippen LogP) is 3.71. The van der Waals surface area contributed by atoms with Crippen LogP contribution in [0.25, 0.3) is 0 Å². The van der Waals surface area contributed by atoms with Gasteiger partial charge in [0.2, 0.25) is 5.91 Å². The van der Waals surface area contributed by atoms with E-state index in [0.29, 0.717) is 25.3 Å². The normalized spacial score (nSPS) is 19.2. The van der Waals surface area contributed by atoms with Gasteiger partial charge in [0, 0.05) is 43.0 Å². The molecule has 1 atom stereocenters. The number of carbonyl (C=O) groups excluding carboxylic acids is 2. The highest BCUT2D eigenvalue weighted by Gasteiger charge is 2.29. The first kappa shape index (κ1) is 23.2. The number of ether oxygens (including phenoxy) is 1. The lowest BCUT2D eigenvalue weighted by Gasteiger charge is -2.34. The van der Waals surface area contributed by atoms with Gasteiger partial charge < -0.3 is 19.4 Å². The van der Waals surface area contributed by atoms with Crippen molar-refractivity contribution in [2.75, 3.05) is 44.2 Å². The molecule has 0 aromatic heterocycles. The minimum absolute atomic E-state index is 0.102. The molecule has 8 heteroatoms. The highest BCUT2D eigenvalue weighted by atomic mass is 19.1. The minimum Gasteiger partial charge on any atom is -0.494 e. The van der Waals surface area contributed by atoms with Crippen molar-refractivity contribution in [2.24, 2.45) is 0 Å². The molecule has 2 fully saturated rings. The van der Waals surface area contributed by atoms with Crippen molar-refractivity contribution >= 4 is 17.5 Å². The Balaban J connectivity index is 1.27. The van der Waals surface area contributed by atoms with Crippen molar-refractivity contribution < 1.29 is 23.1 Å². The number of amides is 2. The van der Waals surface area contributed by atoms with Crippen LogP contribution in [0, 0.1) is 11.6 Å². The minimum atomic E-state index is -0.823. The zero-order valence-electron chi connectivity index (χ0n) is 18.8. The van der Waals surface area contributed by atoms with Crippen molar-refractivity contribution in [3.05, 3.63) is 59.7 Å². The Bertz CT molecular complexity index is 979. The molecular weight excluding hydrogens is 428 g/mol. The maximum Gasteiger partial charge on any atom is 0.254 e. The summed E-state index contributed by atoms with van der Waals surface area (Å²) in [4.78, 5) is 30.6. The number of likely N-dealkylation sites (tertiary alicyclic amines) is 1. The van der Waals surface area contributed by atoms with Crippen LogP contribution in [0.5, 0.6) is 5.75 Å². The molecule has 2 aliphatic heterocycles. The van der Waals surface area contributed by atoms with Crippen LogP contribution in [0.1, 0.15) is 36.5 Å². The van der Waals surface area contributed by atoms with Gasteiger partial charge in [0.15, 0.2) is 0 Å². The number of carbonyl (C=O) groups is 2. The third kappa shape index (κ3) is 5.68. The SMILES string of the molecule is C[C@@H]1CCCN1CCCOc1ccc(N2CCN(C(=O)c3cc(F)cc(F)c3)CC2=O)cc1. The fraction of sp³-hybridized carbons (Fsp3) is 0.440. The Labute approximate surface area is 192 Å². The molecule has 2 amide bonds. The van der Waals surface area contributed by atoms with Crippen LogP contribution in [0.15, 0.2) is 42.5 Å². The Morgan fingerprint density at radius 2 is 1.79 bits per heavy atom. The molecule has 33 heavy (non-hydrogen) atoms. The van der Waals surface area contributed by atoms with Gasteiger partial charge in [0.25, 0.3) is 5.91 Å². The Morgan fingerprint density at radius 1 is 1.06 bits per heavy atom. The molecule has 0 N–H and O–H groups in total. The van der Waals surface area contributed by atoms with Crippen LogP contribution in [-0.2, 0) is 4.79 Å². The molecule has 0 bridgehead atoms. The largest absolute Gasteiger partial charge is 0.494 e. The van der Waals surface area contributed by atoms with Gasteiger partial charge in [-0.3, -0.25) is 9.59 Å². The van der Waals surface area contributed by atoms with Gasteiger partial charge in [0.1, 0.15) is 23.9 Å². The standard InChI is InChI=1S/C25H29F2N3O3/c1-18-4-2-9-28(18)10-3-13-33-23-7-5-22(6-8-23)30-12-11-29(17-24(30)31)25(32)19-14-20(26)16-21(27)15-19/h5-8,14-16,18H,2-4,9-13,17H2,1H3/t18-/m1/s1. The van der Waals surface area contributed by atoms with Gasteiger partial charge in [-0.1, -0.05) is 0 Å². The lowest BCUT2D eigenvalue weighted by Crippen LogP contribution is -2.52. The van der Waals surface area contributed by atoms with E-state index in [1.165, 1.54) is 24.3 Å². The van der Waals surface area contributed by atoms with E-state index in [-0.39, 0.29) is 24.6 Å². The molecule has 4 rings (SSSR count). The first-order valence-electron chi connectivity index (χ1n) is 11.4. The van der Waals surface area contributed by atoms with Crippen LogP contribution in [-0.4, -0.2) is 67.0 Å². The summed E-state index contributed by atoms with van der Waals surface area (Å²) in [6, 6.07) is 10.7. The zero-order valence-corrected chi connectivity index (χ0v) is 18.8. The first-order chi connectivity index (χ1) is 15.9. The summed E-state index contributed by atoms with van der Waals surface area (Å²) in [5.41, 5.74) is 0.622. The first-order valence-corrected chi connectivity index (χ1v) is 11.4. The molecule has 0 saturated carbocycles. The van der Waals surface area contributed by atoms with Crippen LogP contribution in [0.2, 0.25) is 0 Å². The monoisotopic (exact) mass is 457 g/mol. The Kier molecular flexibility index (Phi) is 7.23. The zero-order chi connectivity index (χ0) is 23.4. The summed E-state index contributed by atoms with van der Waals surface area (Å²) >= 11 is 0. The fourth-order valence-electron chi connectivity index (χ4n) is 4.48. The van der Waals surface area contributed by atoms with Crippen molar-refractivity contribution in [1.82, 2.24) is 9.80 Å². The molecule has 176 valence electrons. The summed E-state index contributed by atoms with van der Waals surface area (Å²) in [7, 11) is 0. The van der Waals surface area contributed by atoms with Crippen molar-refractivity contribution in [1.29, 1.82) is 0 Å². The number of rotatable bonds is 7. The van der Waals surface area contributed by atoms with E-state index < -0.39 is 17.5 Å². The maximum absolute atomic E-state index is 13.4. The highest BCUT2D eigenvalue weighted by molar-refractivity contribution is 6.01. The number of benzene rings is 2. The van der Waals surface area contributed by atoms with Crippen LogP contribution in [0.4, 0.5) is 14.5 Å². The summed E-state index contributed by atoms with van der Waals surface area (Å²) in [5, 5.41) is 0. The number of nitrogens with zero attached hydrogens (tertiary/aromatic N) is 3. The van der Waals surface area contributed by atoms with E-state index in [4.69, 9.17) is 4.74 Å². The molecule has 2 aromatic rings. The van der Waals surface area contributed by atoms with E-state index in [0.717, 1.165) is 36.5 Å². The third-order valence-corrected chi connectivity index (χ3v) is 6.31. The molecule has 2 saturated heterocycles. The number of anilines is 1. The van der Waals surface area contributed by atoms with Crippen molar-refractivity contribution in [2.45, 2.75) is 32.2 Å². The molecule has 0 radical (unpaired) electrons. The molecule has 2 aromatic carbocycles. The van der Waals surface area contributed by atoms with E-state index in [9.17, 15) is 18.4 Å². The molecule has 0 aliphatic carbocycles. The average Bonchev–Trinajstić information content (AvgIpc) is 3.20. The summed E-state index contributed by atoms with van der Waals surface area (Å²) in [6.07, 6.45) is 3.51. The Morgan fingerprint density at radius 3 is 2.42 bits per heavy atom. The smallest absolute Gasteiger partial charge is 0.254 e. The van der Waals surface area contributed by atoms with Gasteiger partial charge >= 0.3 is 0 Å². The van der Waals surface area contributed by atoms with E-state index in [1.807, 2.05) is 24.3 Å². The average molecular weight is 458 g/mol. The fourth-order valence-corrected chi connectivity index (χ4v) is 4.48. The molecule has 0 unspecified atom stereocenters. The second-order valence-corrected chi connectivity index (χ2v) is 8.65. The summed E-state index contributed by atoms with van der Waals surface area (Å²) in [6.45, 7) is 5.55. The van der Waals surface area contributed by atoms with Crippen molar-refractivity contribution in [3.8, 4) is 5.75 Å². The summed E-state index contributed by atoms with van der Waals surface area (Å²) in [5.74, 6) is -1.71. The van der Waals surface area contributed by atoms with E-state index >= 15 is 0 Å². The third-order valence-electron chi connectivity index (χ3n) is 6.31. The number of piperazine rings is 1. The van der Waals surface area contributed by atoms with Crippen LogP contribution in [0.3, 0.4) is 0 Å². The lowest BCUT2D eigenvalue weighted by atomic mass is 10.1. The second kappa shape index (κ2) is 10.3. The number of halogens is 2. The predicted molar refractivity (Wildman–Crippen MR) is 121 cm³/mol.